The summed E-state index contributed by atoms with van der Waals surface area (Å²) in [5.41, 5.74) is 6.31. The van der Waals surface area contributed by atoms with Gasteiger partial charge in [-0.1, -0.05) is 37.9 Å². The van der Waals surface area contributed by atoms with Crippen LogP contribution in [0.1, 0.15) is 25.8 Å². The molecule has 0 amide bonds. The van der Waals surface area contributed by atoms with E-state index in [1.165, 1.54) is 6.07 Å². The van der Waals surface area contributed by atoms with Crippen LogP contribution < -0.4 is 5.73 Å². The summed E-state index contributed by atoms with van der Waals surface area (Å²) in [4.78, 5) is 0. The molecule has 0 fully saturated rings. The van der Waals surface area contributed by atoms with Gasteiger partial charge in [-0.3, -0.25) is 0 Å². The minimum atomic E-state index is -0.338. The Bertz CT molecular complexity index is 339. The molecule has 0 aliphatic carbocycles. The minimum absolute atomic E-state index is 0.0226. The molecule has 2 N–H and O–H groups in total. The topological polar surface area (TPSA) is 35.2 Å². The predicted octanol–water partition coefficient (Wildman–Crippen LogP) is 3.37. The van der Waals surface area contributed by atoms with Gasteiger partial charge in [0.1, 0.15) is 5.82 Å². The zero-order valence-electron chi connectivity index (χ0n) is 10.2. The zero-order chi connectivity index (χ0) is 12.8. The van der Waals surface area contributed by atoms with Crippen LogP contribution in [0.2, 0.25) is 5.02 Å². The second-order valence-corrected chi connectivity index (χ2v) is 4.67. The first kappa shape index (κ1) is 14.4. The SMILES string of the molecule is CCC(C)[C@H](N)COCc1c(F)cccc1Cl. The van der Waals surface area contributed by atoms with E-state index in [9.17, 15) is 4.39 Å². The molecule has 4 heteroatoms. The molecule has 1 aromatic rings. The maximum Gasteiger partial charge on any atom is 0.130 e. The lowest BCUT2D eigenvalue weighted by atomic mass is 10.0. The average Bonchev–Trinajstić information content (AvgIpc) is 2.31. The number of benzene rings is 1. The molecule has 1 aromatic carbocycles. The lowest BCUT2D eigenvalue weighted by Gasteiger charge is -2.18. The van der Waals surface area contributed by atoms with E-state index in [0.717, 1.165) is 6.42 Å². The van der Waals surface area contributed by atoms with Crippen LogP contribution in [-0.4, -0.2) is 12.6 Å². The van der Waals surface area contributed by atoms with Crippen molar-refractivity contribution < 1.29 is 9.13 Å². The smallest absolute Gasteiger partial charge is 0.130 e. The molecule has 96 valence electrons. The summed E-state index contributed by atoms with van der Waals surface area (Å²) in [5, 5.41) is 0.391. The van der Waals surface area contributed by atoms with E-state index in [2.05, 4.69) is 13.8 Å². The highest BCUT2D eigenvalue weighted by Crippen LogP contribution is 2.20. The van der Waals surface area contributed by atoms with Gasteiger partial charge in [-0.2, -0.15) is 0 Å². The lowest BCUT2D eigenvalue weighted by molar-refractivity contribution is 0.0928. The first-order valence-corrected chi connectivity index (χ1v) is 6.20. The summed E-state index contributed by atoms with van der Waals surface area (Å²) in [6.07, 6.45) is 1.00. The maximum atomic E-state index is 13.4. The third-order valence-electron chi connectivity index (χ3n) is 2.99. The Kier molecular flexibility index (Phi) is 5.89. The van der Waals surface area contributed by atoms with Crippen molar-refractivity contribution in [3.8, 4) is 0 Å². The monoisotopic (exact) mass is 259 g/mol. The number of hydrogen-bond donors (Lipinski definition) is 1. The van der Waals surface area contributed by atoms with Crippen LogP contribution in [0.4, 0.5) is 4.39 Å². The van der Waals surface area contributed by atoms with Gasteiger partial charge in [-0.15, -0.1) is 0 Å². The average molecular weight is 260 g/mol. The van der Waals surface area contributed by atoms with E-state index in [1.807, 2.05) is 0 Å². The molecule has 17 heavy (non-hydrogen) atoms. The molecule has 1 rings (SSSR count). The Morgan fingerprint density at radius 2 is 2.18 bits per heavy atom. The van der Waals surface area contributed by atoms with E-state index in [-0.39, 0.29) is 18.5 Å². The maximum absolute atomic E-state index is 13.4. The van der Waals surface area contributed by atoms with Gasteiger partial charge in [0.25, 0.3) is 0 Å². The Labute approximate surface area is 107 Å². The fourth-order valence-corrected chi connectivity index (χ4v) is 1.65. The summed E-state index contributed by atoms with van der Waals surface area (Å²) in [5.74, 6) is 0.0562. The number of rotatable bonds is 6. The highest BCUT2D eigenvalue weighted by molar-refractivity contribution is 6.31. The van der Waals surface area contributed by atoms with Gasteiger partial charge in [-0.25, -0.2) is 4.39 Å². The summed E-state index contributed by atoms with van der Waals surface area (Å²) >= 11 is 5.88. The van der Waals surface area contributed by atoms with Gasteiger partial charge in [0.15, 0.2) is 0 Å². The first-order valence-electron chi connectivity index (χ1n) is 5.82. The van der Waals surface area contributed by atoms with E-state index in [1.54, 1.807) is 12.1 Å². The van der Waals surface area contributed by atoms with Crippen LogP contribution in [0.15, 0.2) is 18.2 Å². The molecule has 0 radical (unpaired) electrons. The number of ether oxygens (including phenoxy) is 1. The van der Waals surface area contributed by atoms with Crippen molar-refractivity contribution >= 4 is 11.6 Å². The standard InChI is InChI=1S/C13H19ClFNO/c1-3-9(2)13(16)8-17-7-10-11(14)5-4-6-12(10)15/h4-6,9,13H,3,7-8,16H2,1-2H3/t9?,13-/m1/s1. The molecule has 2 atom stereocenters. The molecule has 0 aliphatic heterocycles. The van der Waals surface area contributed by atoms with Crippen molar-refractivity contribution in [3.63, 3.8) is 0 Å². The van der Waals surface area contributed by atoms with Gasteiger partial charge in [0, 0.05) is 16.6 Å². The largest absolute Gasteiger partial charge is 0.375 e. The quantitative estimate of drug-likeness (QED) is 0.850. The highest BCUT2D eigenvalue weighted by atomic mass is 35.5. The normalized spacial score (nSPS) is 14.6. The number of halogens is 2. The first-order chi connectivity index (χ1) is 8.06. The van der Waals surface area contributed by atoms with Crippen molar-refractivity contribution in [2.45, 2.75) is 32.9 Å². The predicted molar refractivity (Wildman–Crippen MR) is 68.5 cm³/mol. The van der Waals surface area contributed by atoms with Gasteiger partial charge in [0.2, 0.25) is 0 Å². The Balaban J connectivity index is 2.46. The van der Waals surface area contributed by atoms with Crippen LogP contribution in [0, 0.1) is 11.7 Å². The molecular formula is C13H19ClFNO. The summed E-state index contributed by atoms with van der Waals surface area (Å²) in [6.45, 7) is 4.73. The molecule has 0 spiro atoms. The Hall–Kier alpha value is -0.640. The molecule has 0 aliphatic rings. The van der Waals surface area contributed by atoms with E-state index in [0.29, 0.717) is 23.1 Å². The highest BCUT2D eigenvalue weighted by Gasteiger charge is 2.12. The summed E-state index contributed by atoms with van der Waals surface area (Å²) in [6, 6.07) is 4.58. The van der Waals surface area contributed by atoms with Crippen molar-refractivity contribution in [2.24, 2.45) is 11.7 Å². The van der Waals surface area contributed by atoms with E-state index < -0.39 is 0 Å². The van der Waals surface area contributed by atoms with Crippen LogP contribution >= 0.6 is 11.6 Å². The fourth-order valence-electron chi connectivity index (χ4n) is 1.43. The van der Waals surface area contributed by atoms with Crippen LogP contribution in [0.25, 0.3) is 0 Å². The summed E-state index contributed by atoms with van der Waals surface area (Å²) < 4.78 is 18.8. The second-order valence-electron chi connectivity index (χ2n) is 4.26. The molecule has 0 aromatic heterocycles. The third kappa shape index (κ3) is 4.26. The van der Waals surface area contributed by atoms with Crippen molar-refractivity contribution in [1.29, 1.82) is 0 Å². The molecule has 0 saturated carbocycles. The fraction of sp³-hybridized carbons (Fsp3) is 0.538. The Morgan fingerprint density at radius 1 is 1.47 bits per heavy atom. The third-order valence-corrected chi connectivity index (χ3v) is 3.35. The van der Waals surface area contributed by atoms with Crippen LogP contribution in [0.5, 0.6) is 0 Å². The molecule has 0 saturated heterocycles. The molecule has 2 nitrogen and oxygen atoms in total. The molecular weight excluding hydrogens is 241 g/mol. The second kappa shape index (κ2) is 6.94. The van der Waals surface area contributed by atoms with Crippen LogP contribution in [-0.2, 0) is 11.3 Å². The molecule has 0 bridgehead atoms. The van der Waals surface area contributed by atoms with E-state index in [4.69, 9.17) is 22.1 Å². The molecule has 1 unspecified atom stereocenters. The van der Waals surface area contributed by atoms with Crippen molar-refractivity contribution in [2.75, 3.05) is 6.61 Å². The molecule has 0 heterocycles. The van der Waals surface area contributed by atoms with Crippen molar-refractivity contribution in [1.82, 2.24) is 0 Å². The minimum Gasteiger partial charge on any atom is -0.375 e. The number of hydrogen-bond acceptors (Lipinski definition) is 2. The van der Waals surface area contributed by atoms with Crippen LogP contribution in [0.3, 0.4) is 0 Å². The zero-order valence-corrected chi connectivity index (χ0v) is 11.0. The van der Waals surface area contributed by atoms with Gasteiger partial charge in [0.05, 0.1) is 13.2 Å². The summed E-state index contributed by atoms with van der Waals surface area (Å²) in [7, 11) is 0. The van der Waals surface area contributed by atoms with Crippen molar-refractivity contribution in [3.05, 3.63) is 34.6 Å². The van der Waals surface area contributed by atoms with E-state index >= 15 is 0 Å². The van der Waals surface area contributed by atoms with Gasteiger partial charge >= 0.3 is 0 Å². The van der Waals surface area contributed by atoms with Gasteiger partial charge < -0.3 is 10.5 Å². The number of nitrogens with two attached hydrogens (primary N) is 1. The lowest BCUT2D eigenvalue weighted by Crippen LogP contribution is -2.32. The van der Waals surface area contributed by atoms with Gasteiger partial charge in [-0.05, 0) is 18.1 Å². The Morgan fingerprint density at radius 3 is 2.76 bits per heavy atom.